The van der Waals surface area contributed by atoms with Gasteiger partial charge in [-0.05, 0) is 45.3 Å². The van der Waals surface area contributed by atoms with E-state index in [9.17, 15) is 4.79 Å². The number of carbonyl (C=O) groups is 1. The second kappa shape index (κ2) is 4.68. The minimum absolute atomic E-state index is 0.0483. The molecule has 2 nitrogen and oxygen atoms in total. The number of hydrogen-bond donors (Lipinski definition) is 1. The van der Waals surface area contributed by atoms with Crippen molar-refractivity contribution in [3.8, 4) is 0 Å². The predicted molar refractivity (Wildman–Crippen MR) is 78.5 cm³/mol. The van der Waals surface area contributed by atoms with Crippen molar-refractivity contribution < 1.29 is 4.79 Å². The molecule has 1 aliphatic heterocycles. The molecule has 92 valence electrons. The van der Waals surface area contributed by atoms with Gasteiger partial charge in [-0.3, -0.25) is 4.79 Å². The number of benzene rings is 1. The van der Waals surface area contributed by atoms with E-state index in [1.807, 2.05) is 30.3 Å². The topological polar surface area (TPSA) is 29.1 Å². The Balaban J connectivity index is 1.94. The second-order valence-corrected chi connectivity index (χ2v) is 7.08. The molecule has 0 spiro atoms. The molecule has 1 unspecified atom stereocenters. The molecule has 0 fully saturated rings. The Hall–Kier alpha value is -0.840. The molecule has 2 aromatic rings. The van der Waals surface area contributed by atoms with Crippen LogP contribution in [0.1, 0.15) is 21.4 Å². The molecule has 1 atom stereocenters. The molecule has 1 aromatic heterocycles. The second-order valence-electron chi connectivity index (χ2n) is 4.15. The maximum atomic E-state index is 11.3. The normalized spacial score (nSPS) is 15.3. The van der Waals surface area contributed by atoms with Gasteiger partial charge in [0, 0.05) is 10.6 Å². The summed E-state index contributed by atoms with van der Waals surface area (Å²) in [6, 6.07) is 9.92. The van der Waals surface area contributed by atoms with E-state index in [0.29, 0.717) is 6.42 Å². The highest BCUT2D eigenvalue weighted by Crippen LogP contribution is 2.37. The lowest BCUT2D eigenvalue weighted by molar-refractivity contribution is -0.115. The van der Waals surface area contributed by atoms with Gasteiger partial charge in [-0.15, -0.1) is 22.9 Å². The summed E-state index contributed by atoms with van der Waals surface area (Å²) in [5.74, 6) is 0.0483. The summed E-state index contributed by atoms with van der Waals surface area (Å²) in [5.41, 5.74) is 2.96. The highest BCUT2D eigenvalue weighted by Gasteiger charge is 2.20. The van der Waals surface area contributed by atoms with Crippen LogP contribution >= 0.6 is 38.9 Å². The number of thiophene rings is 1. The van der Waals surface area contributed by atoms with Crippen LogP contribution in [0.4, 0.5) is 5.69 Å². The molecule has 3 rings (SSSR count). The van der Waals surface area contributed by atoms with Crippen LogP contribution < -0.4 is 5.32 Å². The van der Waals surface area contributed by atoms with Crippen LogP contribution in [0.25, 0.3) is 0 Å². The van der Waals surface area contributed by atoms with Gasteiger partial charge in [0.2, 0.25) is 5.91 Å². The minimum atomic E-state index is -0.165. The third-order valence-electron chi connectivity index (χ3n) is 2.89. The van der Waals surface area contributed by atoms with Gasteiger partial charge < -0.3 is 5.32 Å². The molecule has 1 aromatic carbocycles. The van der Waals surface area contributed by atoms with E-state index < -0.39 is 0 Å². The highest BCUT2D eigenvalue weighted by molar-refractivity contribution is 9.11. The van der Waals surface area contributed by atoms with Crippen molar-refractivity contribution in [2.75, 3.05) is 5.32 Å². The van der Waals surface area contributed by atoms with Crippen LogP contribution in [-0.4, -0.2) is 5.91 Å². The summed E-state index contributed by atoms with van der Waals surface area (Å²) in [5, 5.41) is 2.66. The van der Waals surface area contributed by atoms with E-state index in [4.69, 9.17) is 11.6 Å². The average Bonchev–Trinajstić information content (AvgIpc) is 2.92. The first-order chi connectivity index (χ1) is 8.63. The number of anilines is 1. The quantitative estimate of drug-likeness (QED) is 0.809. The van der Waals surface area contributed by atoms with E-state index in [-0.39, 0.29) is 11.3 Å². The fourth-order valence-electron chi connectivity index (χ4n) is 2.04. The Morgan fingerprint density at radius 2 is 2.17 bits per heavy atom. The predicted octanol–water partition coefficient (Wildman–Crippen LogP) is 4.33. The van der Waals surface area contributed by atoms with Crippen molar-refractivity contribution in [1.82, 2.24) is 0 Å². The van der Waals surface area contributed by atoms with E-state index in [1.54, 1.807) is 11.3 Å². The summed E-state index contributed by atoms with van der Waals surface area (Å²) >= 11 is 11.5. The maximum Gasteiger partial charge on any atom is 0.228 e. The Morgan fingerprint density at radius 1 is 1.33 bits per heavy atom. The Bertz CT molecular complexity index is 625. The van der Waals surface area contributed by atoms with E-state index in [0.717, 1.165) is 25.5 Å². The molecular formula is C13H9BrClNOS. The van der Waals surface area contributed by atoms with Gasteiger partial charge in [-0.1, -0.05) is 12.1 Å². The number of halogens is 2. The van der Waals surface area contributed by atoms with Gasteiger partial charge in [-0.2, -0.15) is 0 Å². The molecule has 0 saturated heterocycles. The maximum absolute atomic E-state index is 11.3. The van der Waals surface area contributed by atoms with Crippen LogP contribution in [0, 0.1) is 0 Å². The summed E-state index contributed by atoms with van der Waals surface area (Å²) in [4.78, 5) is 12.4. The van der Waals surface area contributed by atoms with Gasteiger partial charge in [-0.25, -0.2) is 0 Å². The summed E-state index contributed by atoms with van der Waals surface area (Å²) in [6.45, 7) is 0. The molecule has 0 radical (unpaired) electrons. The lowest BCUT2D eigenvalue weighted by Gasteiger charge is -2.09. The molecule has 2 heterocycles. The molecule has 18 heavy (non-hydrogen) atoms. The van der Waals surface area contributed by atoms with Gasteiger partial charge >= 0.3 is 0 Å². The molecule has 5 heteroatoms. The van der Waals surface area contributed by atoms with Gasteiger partial charge in [0.1, 0.15) is 0 Å². The van der Waals surface area contributed by atoms with Gasteiger partial charge in [0.25, 0.3) is 0 Å². The Morgan fingerprint density at radius 3 is 2.89 bits per heavy atom. The van der Waals surface area contributed by atoms with Crippen molar-refractivity contribution in [2.24, 2.45) is 0 Å². The third kappa shape index (κ3) is 2.20. The molecular weight excluding hydrogens is 334 g/mol. The molecule has 1 amide bonds. The molecule has 1 N–H and O–H groups in total. The van der Waals surface area contributed by atoms with Crippen molar-refractivity contribution in [3.05, 3.63) is 50.1 Å². The van der Waals surface area contributed by atoms with Crippen LogP contribution in [-0.2, 0) is 11.2 Å². The zero-order chi connectivity index (χ0) is 12.7. The van der Waals surface area contributed by atoms with Crippen LogP contribution in [0.5, 0.6) is 0 Å². The number of rotatable bonds is 2. The highest BCUT2D eigenvalue weighted by atomic mass is 79.9. The van der Waals surface area contributed by atoms with Gasteiger partial charge in [0.05, 0.1) is 15.6 Å². The number of nitrogens with one attached hydrogen (secondary N) is 1. The molecule has 0 bridgehead atoms. The largest absolute Gasteiger partial charge is 0.326 e. The number of carbonyl (C=O) groups excluding carboxylic acids is 1. The van der Waals surface area contributed by atoms with E-state index >= 15 is 0 Å². The fraction of sp³-hybridized carbons (Fsp3) is 0.154. The van der Waals surface area contributed by atoms with Crippen molar-refractivity contribution in [1.29, 1.82) is 0 Å². The van der Waals surface area contributed by atoms with Gasteiger partial charge in [0.15, 0.2) is 0 Å². The Kier molecular flexibility index (Phi) is 3.18. The lowest BCUT2D eigenvalue weighted by atomic mass is 10.1. The average molecular weight is 343 g/mol. The molecule has 0 aliphatic carbocycles. The van der Waals surface area contributed by atoms with Crippen molar-refractivity contribution >= 4 is 50.5 Å². The summed E-state index contributed by atoms with van der Waals surface area (Å²) in [6.07, 6.45) is 0.445. The fourth-order valence-corrected chi connectivity index (χ4v) is 3.81. The SMILES string of the molecule is O=C1Cc2cc(C(Cl)c3ccc(Br)s3)ccc2N1. The monoisotopic (exact) mass is 341 g/mol. The van der Waals surface area contributed by atoms with E-state index in [2.05, 4.69) is 21.2 Å². The summed E-state index contributed by atoms with van der Waals surface area (Å²) < 4.78 is 1.07. The van der Waals surface area contributed by atoms with E-state index in [1.165, 1.54) is 0 Å². The standard InChI is InChI=1S/C13H9BrClNOS/c14-11-4-3-10(18-11)13(15)7-1-2-9-8(5-7)6-12(17)16-9/h1-5,13H,6H2,(H,16,17). The lowest BCUT2D eigenvalue weighted by Crippen LogP contribution is -2.03. The molecule has 1 aliphatic rings. The van der Waals surface area contributed by atoms with Crippen LogP contribution in [0.3, 0.4) is 0 Å². The first-order valence-electron chi connectivity index (χ1n) is 5.45. The zero-order valence-electron chi connectivity index (χ0n) is 9.24. The number of alkyl halides is 1. The number of hydrogen-bond acceptors (Lipinski definition) is 2. The van der Waals surface area contributed by atoms with Crippen molar-refractivity contribution in [2.45, 2.75) is 11.8 Å². The third-order valence-corrected chi connectivity index (χ3v) is 5.20. The molecule has 0 saturated carbocycles. The number of amides is 1. The van der Waals surface area contributed by atoms with Crippen molar-refractivity contribution in [3.63, 3.8) is 0 Å². The Labute approximate surface area is 122 Å². The first kappa shape index (κ1) is 12.2. The number of fused-ring (bicyclic) bond motifs is 1. The summed E-state index contributed by atoms with van der Waals surface area (Å²) in [7, 11) is 0. The first-order valence-corrected chi connectivity index (χ1v) is 7.50. The minimum Gasteiger partial charge on any atom is -0.326 e. The zero-order valence-corrected chi connectivity index (χ0v) is 12.4. The van der Waals surface area contributed by atoms with Crippen LogP contribution in [0.15, 0.2) is 34.1 Å². The smallest absolute Gasteiger partial charge is 0.228 e. The van der Waals surface area contributed by atoms with Crippen LogP contribution in [0.2, 0.25) is 0 Å².